The largest absolute Gasteiger partial charge is 0.461 e. The van der Waals surface area contributed by atoms with E-state index in [1.165, 1.54) is 18.2 Å². The number of aromatic nitrogens is 3. The fraction of sp³-hybridized carbons (Fsp3) is 0.316. The smallest absolute Gasteiger partial charge is 0.358 e. The first-order chi connectivity index (χ1) is 14.9. The number of imidazole rings is 1. The number of hydrogen-bond acceptors (Lipinski definition) is 11. The first-order valence-electron chi connectivity index (χ1n) is 9.34. The van der Waals surface area contributed by atoms with Crippen LogP contribution in [0.5, 0.6) is 0 Å². The Morgan fingerprint density at radius 2 is 1.88 bits per heavy atom. The van der Waals surface area contributed by atoms with Gasteiger partial charge in [0.05, 0.1) is 12.8 Å². The van der Waals surface area contributed by atoms with E-state index >= 15 is 0 Å². The second-order valence-electron chi connectivity index (χ2n) is 7.19. The van der Waals surface area contributed by atoms with Crippen LogP contribution in [0.3, 0.4) is 0 Å². The van der Waals surface area contributed by atoms with Crippen molar-refractivity contribution in [3.63, 3.8) is 0 Å². The van der Waals surface area contributed by atoms with Gasteiger partial charge in [-0.2, -0.15) is 0 Å². The molecule has 1 atom stereocenters. The van der Waals surface area contributed by atoms with Gasteiger partial charge in [-0.25, -0.2) is 18.7 Å². The highest BCUT2D eigenvalue weighted by Crippen LogP contribution is 2.52. The molecule has 0 aliphatic carbocycles. The van der Waals surface area contributed by atoms with Crippen molar-refractivity contribution in [2.45, 2.75) is 30.5 Å². The molecule has 12 nitrogen and oxygen atoms in total. The topological polar surface area (TPSA) is 181 Å². The number of fused-ring (bicyclic) bond motifs is 1. The van der Waals surface area contributed by atoms with Gasteiger partial charge in [-0.05, 0) is 36.8 Å². The van der Waals surface area contributed by atoms with Crippen LogP contribution in [0.25, 0.3) is 5.65 Å². The SMILES string of the molecule is CCOC(=O)c1cnc2ccc(N3C(c4cccc(F)c4)C(O)(O)C(O)(O)C3(O)O)nn12. The number of halogens is 1. The maximum absolute atomic E-state index is 13.9. The average Bonchev–Trinajstić information content (AvgIpc) is 3.18. The molecule has 1 aliphatic heterocycles. The van der Waals surface area contributed by atoms with Crippen LogP contribution >= 0.6 is 0 Å². The first-order valence-corrected chi connectivity index (χ1v) is 9.34. The van der Waals surface area contributed by atoms with Gasteiger partial charge in [-0.3, -0.25) is 4.90 Å². The van der Waals surface area contributed by atoms with Gasteiger partial charge in [-0.1, -0.05) is 12.1 Å². The third-order valence-corrected chi connectivity index (χ3v) is 5.20. The Morgan fingerprint density at radius 1 is 1.16 bits per heavy atom. The molecule has 3 heterocycles. The summed E-state index contributed by atoms with van der Waals surface area (Å²) in [6, 6.07) is 4.74. The monoisotopic (exact) mass is 450 g/mol. The van der Waals surface area contributed by atoms with E-state index in [0.29, 0.717) is 4.90 Å². The van der Waals surface area contributed by atoms with Gasteiger partial charge >= 0.3 is 11.9 Å². The number of carbonyl (C=O) groups excluding carboxylic acids is 1. The summed E-state index contributed by atoms with van der Waals surface area (Å²) in [7, 11) is 0. The molecule has 32 heavy (non-hydrogen) atoms. The Hall–Kier alpha value is -3.20. The van der Waals surface area contributed by atoms with Crippen molar-refractivity contribution in [1.82, 2.24) is 14.6 Å². The molecule has 1 aliphatic rings. The molecular formula is C19H19FN4O8. The van der Waals surface area contributed by atoms with Gasteiger partial charge in [0.2, 0.25) is 0 Å². The second kappa shape index (κ2) is 7.16. The molecule has 0 radical (unpaired) electrons. The van der Waals surface area contributed by atoms with E-state index in [1.54, 1.807) is 6.92 Å². The zero-order chi connectivity index (χ0) is 23.5. The molecule has 0 bridgehead atoms. The summed E-state index contributed by atoms with van der Waals surface area (Å²) in [5, 5.41) is 66.8. The van der Waals surface area contributed by atoms with Gasteiger partial charge in [-0.15, -0.1) is 5.10 Å². The second-order valence-corrected chi connectivity index (χ2v) is 7.19. The Balaban J connectivity index is 1.94. The zero-order valence-electron chi connectivity index (χ0n) is 16.5. The van der Waals surface area contributed by atoms with E-state index in [-0.39, 0.29) is 23.5 Å². The van der Waals surface area contributed by atoms with Gasteiger partial charge in [0, 0.05) is 0 Å². The lowest BCUT2D eigenvalue weighted by Crippen LogP contribution is -2.65. The minimum absolute atomic E-state index is 0.0605. The summed E-state index contributed by atoms with van der Waals surface area (Å²) in [5.41, 5.74) is -0.228. The van der Waals surface area contributed by atoms with Crippen molar-refractivity contribution in [1.29, 1.82) is 0 Å². The highest BCUT2D eigenvalue weighted by Gasteiger charge is 2.77. The molecule has 13 heteroatoms. The minimum atomic E-state index is -3.94. The molecule has 4 rings (SSSR count). The number of nitrogens with zero attached hydrogens (tertiary/aromatic N) is 4. The lowest BCUT2D eigenvalue weighted by molar-refractivity contribution is -0.422. The zero-order valence-corrected chi connectivity index (χ0v) is 16.5. The molecule has 1 aromatic carbocycles. The quantitative estimate of drug-likeness (QED) is 0.203. The fourth-order valence-electron chi connectivity index (χ4n) is 3.65. The molecule has 1 saturated heterocycles. The van der Waals surface area contributed by atoms with Crippen molar-refractivity contribution in [3.8, 4) is 0 Å². The van der Waals surface area contributed by atoms with E-state index in [2.05, 4.69) is 10.1 Å². The Bertz CT molecular complexity index is 1200. The van der Waals surface area contributed by atoms with Crippen molar-refractivity contribution in [2.75, 3.05) is 11.5 Å². The van der Waals surface area contributed by atoms with Crippen molar-refractivity contribution in [3.05, 3.63) is 59.7 Å². The van der Waals surface area contributed by atoms with Crippen LogP contribution in [0, 0.1) is 5.82 Å². The number of aliphatic hydroxyl groups is 6. The van der Waals surface area contributed by atoms with Crippen molar-refractivity contribution < 1.29 is 44.6 Å². The van der Waals surface area contributed by atoms with Crippen LogP contribution < -0.4 is 4.90 Å². The van der Waals surface area contributed by atoms with Crippen LogP contribution in [0.15, 0.2) is 42.6 Å². The predicted molar refractivity (Wildman–Crippen MR) is 102 cm³/mol. The molecule has 2 aromatic heterocycles. The third kappa shape index (κ3) is 2.95. The van der Waals surface area contributed by atoms with Crippen molar-refractivity contribution in [2.24, 2.45) is 0 Å². The van der Waals surface area contributed by atoms with Crippen LogP contribution in [0.4, 0.5) is 10.2 Å². The lowest BCUT2D eigenvalue weighted by atomic mass is 9.95. The van der Waals surface area contributed by atoms with E-state index in [9.17, 15) is 39.8 Å². The molecule has 3 aromatic rings. The van der Waals surface area contributed by atoms with Crippen LogP contribution in [-0.2, 0) is 4.74 Å². The number of ether oxygens (including phenoxy) is 1. The molecule has 170 valence electrons. The highest BCUT2D eigenvalue weighted by molar-refractivity contribution is 5.88. The van der Waals surface area contributed by atoms with Crippen LogP contribution in [-0.4, -0.2) is 75.3 Å². The Kier molecular flexibility index (Phi) is 4.93. The number of carbonyl (C=O) groups is 1. The molecule has 6 N–H and O–H groups in total. The summed E-state index contributed by atoms with van der Waals surface area (Å²) in [5.74, 6) is -13.3. The average molecular weight is 450 g/mol. The fourth-order valence-corrected chi connectivity index (χ4v) is 3.65. The molecule has 1 fully saturated rings. The molecule has 1 unspecified atom stereocenters. The van der Waals surface area contributed by atoms with E-state index in [1.807, 2.05) is 0 Å². The Morgan fingerprint density at radius 3 is 2.53 bits per heavy atom. The molecule has 0 saturated carbocycles. The summed E-state index contributed by atoms with van der Waals surface area (Å²) in [6.07, 6.45) is 1.16. The summed E-state index contributed by atoms with van der Waals surface area (Å²) >= 11 is 0. The molecule has 0 spiro atoms. The maximum Gasteiger partial charge on any atom is 0.358 e. The standard InChI is InChI=1S/C19H19FN4O8/c1-2-32-16(25)12-9-21-13-6-7-14(22-24(12)13)23-15(10-4-3-5-11(20)8-10)17(26,27)18(28,29)19(23,30)31/h3-9,15,26-31H,2H2,1H3. The third-order valence-electron chi connectivity index (χ3n) is 5.20. The maximum atomic E-state index is 13.9. The van der Waals surface area contributed by atoms with E-state index in [0.717, 1.165) is 28.9 Å². The number of benzene rings is 1. The number of esters is 1. The van der Waals surface area contributed by atoms with Gasteiger partial charge in [0.15, 0.2) is 17.2 Å². The lowest BCUT2D eigenvalue weighted by Gasteiger charge is -2.35. The van der Waals surface area contributed by atoms with Gasteiger partial charge in [0.25, 0.3) is 11.6 Å². The predicted octanol–water partition coefficient (Wildman–Crippen LogP) is -1.39. The summed E-state index contributed by atoms with van der Waals surface area (Å²) < 4.78 is 19.8. The molecule has 0 amide bonds. The summed E-state index contributed by atoms with van der Waals surface area (Å²) in [6.45, 7) is 1.65. The number of hydrogen-bond donors (Lipinski definition) is 6. The van der Waals surface area contributed by atoms with E-state index < -0.39 is 41.1 Å². The highest BCUT2D eigenvalue weighted by atomic mass is 19.1. The normalized spacial score (nSPS) is 21.1. The van der Waals surface area contributed by atoms with Crippen LogP contribution in [0.1, 0.15) is 29.0 Å². The van der Waals surface area contributed by atoms with Crippen LogP contribution in [0.2, 0.25) is 0 Å². The van der Waals surface area contributed by atoms with E-state index in [4.69, 9.17) is 4.74 Å². The molecular weight excluding hydrogens is 431 g/mol. The van der Waals surface area contributed by atoms with Gasteiger partial charge < -0.3 is 35.4 Å². The Labute approximate surface area is 179 Å². The minimum Gasteiger partial charge on any atom is -0.461 e. The summed E-state index contributed by atoms with van der Waals surface area (Å²) in [4.78, 5) is 16.5. The first kappa shape index (κ1) is 22.0. The van der Waals surface area contributed by atoms with Crippen molar-refractivity contribution >= 4 is 17.4 Å². The number of anilines is 1. The number of rotatable bonds is 4. The van der Waals surface area contributed by atoms with Gasteiger partial charge in [0.1, 0.15) is 11.9 Å².